The molecule has 0 radical (unpaired) electrons. The minimum atomic E-state index is -0.996. The highest BCUT2D eigenvalue weighted by molar-refractivity contribution is 6.13. The van der Waals surface area contributed by atoms with E-state index in [0.29, 0.717) is 23.1 Å². The third kappa shape index (κ3) is 3.90. The Labute approximate surface area is 128 Å². The average Bonchev–Trinajstić information content (AvgIpc) is 2.89. The minimum Gasteiger partial charge on any atom is -0.474 e. The Bertz CT molecular complexity index is 686. The van der Waals surface area contributed by atoms with Gasteiger partial charge in [0.05, 0.1) is 16.6 Å². The summed E-state index contributed by atoms with van der Waals surface area (Å²) in [5.74, 6) is 0.114. The quantitative estimate of drug-likeness (QED) is 0.522. The van der Waals surface area contributed by atoms with Crippen molar-refractivity contribution in [2.75, 3.05) is 20.2 Å². The van der Waals surface area contributed by atoms with E-state index >= 15 is 0 Å². The fourth-order valence-electron chi connectivity index (χ4n) is 1.86. The number of nitrogens with one attached hydrogen (secondary N) is 2. The largest absolute Gasteiger partial charge is 0.474 e. The second kappa shape index (κ2) is 6.67. The average molecular weight is 304 g/mol. The number of aromatic amines is 1. The Kier molecular flexibility index (Phi) is 4.89. The van der Waals surface area contributed by atoms with Gasteiger partial charge in [0.15, 0.2) is 5.78 Å². The molecule has 0 amide bonds. The number of allylic oxidation sites excluding steroid dienone is 1. The molecule has 7 heteroatoms. The summed E-state index contributed by atoms with van der Waals surface area (Å²) in [7, 11) is 1.80. The summed E-state index contributed by atoms with van der Waals surface area (Å²) in [6, 6.07) is 0. The van der Waals surface area contributed by atoms with Gasteiger partial charge in [0.2, 0.25) is 5.88 Å². The molecule has 0 saturated heterocycles. The predicted molar refractivity (Wildman–Crippen MR) is 83.1 cm³/mol. The molecule has 0 atom stereocenters. The highest BCUT2D eigenvalue weighted by Crippen LogP contribution is 2.26. The van der Waals surface area contributed by atoms with Gasteiger partial charge in [-0.2, -0.15) is 0 Å². The topological polar surface area (TPSA) is 100 Å². The van der Waals surface area contributed by atoms with Crippen molar-refractivity contribution in [1.29, 1.82) is 0 Å². The molecule has 2 aromatic heterocycles. The van der Waals surface area contributed by atoms with Crippen molar-refractivity contribution in [3.63, 3.8) is 0 Å². The van der Waals surface area contributed by atoms with E-state index in [0.717, 1.165) is 0 Å². The van der Waals surface area contributed by atoms with Crippen LogP contribution in [-0.2, 0) is 0 Å². The summed E-state index contributed by atoms with van der Waals surface area (Å²) in [4.78, 5) is 23.3. The van der Waals surface area contributed by atoms with E-state index < -0.39 is 5.60 Å². The zero-order valence-electron chi connectivity index (χ0n) is 12.9. The van der Waals surface area contributed by atoms with Crippen LogP contribution in [0, 0.1) is 0 Å². The third-order valence-corrected chi connectivity index (χ3v) is 2.85. The van der Waals surface area contributed by atoms with Crippen LogP contribution < -0.4 is 10.1 Å². The fraction of sp³-hybridized carbons (Fsp3) is 0.400. The van der Waals surface area contributed by atoms with Crippen LogP contribution in [0.5, 0.6) is 5.88 Å². The summed E-state index contributed by atoms with van der Waals surface area (Å²) in [6.45, 7) is 3.93. The minimum absolute atomic E-state index is 0.0630. The number of H-pyrrole nitrogens is 1. The second-order valence-corrected chi connectivity index (χ2v) is 5.53. The first kappa shape index (κ1) is 16.1. The molecule has 7 nitrogen and oxygen atoms in total. The molecular formula is C15H20N4O3. The van der Waals surface area contributed by atoms with E-state index in [-0.39, 0.29) is 18.3 Å². The van der Waals surface area contributed by atoms with Crippen LogP contribution in [0.3, 0.4) is 0 Å². The van der Waals surface area contributed by atoms with Crippen LogP contribution in [0.25, 0.3) is 11.0 Å². The Morgan fingerprint density at radius 2 is 2.27 bits per heavy atom. The molecule has 2 heterocycles. The van der Waals surface area contributed by atoms with Gasteiger partial charge in [0.25, 0.3) is 0 Å². The van der Waals surface area contributed by atoms with Gasteiger partial charge < -0.3 is 20.1 Å². The number of likely N-dealkylation sites (N-methyl/N-ethyl adjacent to an activating group) is 1. The van der Waals surface area contributed by atoms with E-state index in [9.17, 15) is 9.90 Å². The summed E-state index contributed by atoms with van der Waals surface area (Å²) in [5, 5.41) is 13.2. The van der Waals surface area contributed by atoms with Gasteiger partial charge in [-0.05, 0) is 27.0 Å². The molecule has 0 unspecified atom stereocenters. The first-order valence-corrected chi connectivity index (χ1v) is 6.95. The molecule has 0 spiro atoms. The van der Waals surface area contributed by atoms with Crippen molar-refractivity contribution in [2.45, 2.75) is 19.4 Å². The van der Waals surface area contributed by atoms with Crippen molar-refractivity contribution in [1.82, 2.24) is 20.3 Å². The van der Waals surface area contributed by atoms with Crippen LogP contribution in [0.2, 0.25) is 0 Å². The number of carbonyl (C=O) groups is 1. The molecule has 0 aliphatic carbocycles. The van der Waals surface area contributed by atoms with Gasteiger partial charge in [0.1, 0.15) is 18.6 Å². The van der Waals surface area contributed by atoms with E-state index in [1.54, 1.807) is 33.2 Å². The van der Waals surface area contributed by atoms with Crippen LogP contribution in [0.4, 0.5) is 0 Å². The molecule has 0 aliphatic rings. The molecule has 3 N–H and O–H groups in total. The maximum atomic E-state index is 12.3. The van der Waals surface area contributed by atoms with Gasteiger partial charge in [-0.3, -0.25) is 4.79 Å². The molecule has 0 aliphatic heterocycles. The molecule has 0 fully saturated rings. The standard InChI is InChI=1S/C15H20N4O3/c1-15(2,21)8-22-14-12-10(11(20)5-4-6-16-3)7-17-13(12)18-9-19-14/h4-5,7,9,16,21H,6,8H2,1-3H3,(H,17,18,19). The number of rotatable bonds is 7. The number of hydrogen-bond donors (Lipinski definition) is 3. The smallest absolute Gasteiger partial charge is 0.226 e. The summed E-state index contributed by atoms with van der Waals surface area (Å²) < 4.78 is 5.55. The maximum Gasteiger partial charge on any atom is 0.226 e. The molecule has 2 aromatic rings. The highest BCUT2D eigenvalue weighted by atomic mass is 16.5. The third-order valence-electron chi connectivity index (χ3n) is 2.85. The Balaban J connectivity index is 2.34. The molecule has 22 heavy (non-hydrogen) atoms. The van der Waals surface area contributed by atoms with Crippen molar-refractivity contribution >= 4 is 16.8 Å². The lowest BCUT2D eigenvalue weighted by Crippen LogP contribution is -2.28. The monoisotopic (exact) mass is 304 g/mol. The van der Waals surface area contributed by atoms with E-state index in [1.165, 1.54) is 12.4 Å². The first-order valence-electron chi connectivity index (χ1n) is 6.95. The molecule has 0 saturated carbocycles. The second-order valence-electron chi connectivity index (χ2n) is 5.53. The first-order chi connectivity index (χ1) is 10.4. The number of aliphatic hydroxyl groups is 1. The van der Waals surface area contributed by atoms with Gasteiger partial charge in [0, 0.05) is 12.7 Å². The van der Waals surface area contributed by atoms with E-state index in [1.807, 2.05) is 0 Å². The molecule has 0 aromatic carbocycles. The Hall–Kier alpha value is -2.25. The molecule has 118 valence electrons. The number of aromatic nitrogens is 3. The zero-order valence-corrected chi connectivity index (χ0v) is 12.9. The lowest BCUT2D eigenvalue weighted by molar-refractivity contribution is 0.0274. The zero-order chi connectivity index (χ0) is 16.2. The summed E-state index contributed by atoms with van der Waals surface area (Å²) >= 11 is 0. The number of hydrogen-bond acceptors (Lipinski definition) is 6. The Morgan fingerprint density at radius 3 is 2.95 bits per heavy atom. The predicted octanol–water partition coefficient (Wildman–Crippen LogP) is 1.07. The van der Waals surface area contributed by atoms with E-state index in [4.69, 9.17) is 4.74 Å². The number of ether oxygens (including phenoxy) is 1. The van der Waals surface area contributed by atoms with Crippen LogP contribution in [-0.4, -0.2) is 51.6 Å². The van der Waals surface area contributed by atoms with Gasteiger partial charge in [-0.25, -0.2) is 9.97 Å². The van der Waals surface area contributed by atoms with Crippen molar-refractivity contribution in [3.8, 4) is 5.88 Å². The molecule has 2 rings (SSSR count). The van der Waals surface area contributed by atoms with Gasteiger partial charge >= 0.3 is 0 Å². The lowest BCUT2D eigenvalue weighted by atomic mass is 10.1. The number of fused-ring (bicyclic) bond motifs is 1. The van der Waals surface area contributed by atoms with Crippen molar-refractivity contribution < 1.29 is 14.6 Å². The maximum absolute atomic E-state index is 12.3. The fourth-order valence-corrected chi connectivity index (χ4v) is 1.86. The highest BCUT2D eigenvalue weighted by Gasteiger charge is 2.19. The van der Waals surface area contributed by atoms with Crippen LogP contribution in [0.1, 0.15) is 24.2 Å². The number of ketones is 1. The number of nitrogens with zero attached hydrogens (tertiary/aromatic N) is 2. The summed E-state index contributed by atoms with van der Waals surface area (Å²) in [6.07, 6.45) is 6.17. The Morgan fingerprint density at radius 1 is 1.50 bits per heavy atom. The van der Waals surface area contributed by atoms with Crippen molar-refractivity contribution in [3.05, 3.63) is 30.2 Å². The SMILES string of the molecule is CNCC=CC(=O)c1c[nH]c2ncnc(OCC(C)(C)O)c12. The normalized spacial score (nSPS) is 12.2. The van der Waals surface area contributed by atoms with E-state index in [2.05, 4.69) is 20.3 Å². The van der Waals surface area contributed by atoms with Crippen molar-refractivity contribution in [2.24, 2.45) is 0 Å². The van der Waals surface area contributed by atoms with Crippen LogP contribution >= 0.6 is 0 Å². The van der Waals surface area contributed by atoms with Crippen LogP contribution in [0.15, 0.2) is 24.7 Å². The van der Waals surface area contributed by atoms with Gasteiger partial charge in [-0.15, -0.1) is 0 Å². The van der Waals surface area contributed by atoms with Gasteiger partial charge in [-0.1, -0.05) is 6.08 Å². The lowest BCUT2D eigenvalue weighted by Gasteiger charge is -2.17. The summed E-state index contributed by atoms with van der Waals surface area (Å²) in [5.41, 5.74) is -0.0374. The molecule has 0 bridgehead atoms. The molecular weight excluding hydrogens is 284 g/mol. The number of carbonyl (C=O) groups excluding carboxylic acids is 1.